The van der Waals surface area contributed by atoms with Crippen molar-refractivity contribution in [3.8, 4) is 0 Å². The number of fused-ring (bicyclic) bond motifs is 1. The molecule has 0 radical (unpaired) electrons. The number of hydrogen-bond donors (Lipinski definition) is 2. The van der Waals surface area contributed by atoms with Gasteiger partial charge in [-0.1, -0.05) is 0 Å². The van der Waals surface area contributed by atoms with Crippen molar-refractivity contribution in [3.05, 3.63) is 11.6 Å². The topological polar surface area (TPSA) is 73.7 Å². The lowest BCUT2D eigenvalue weighted by Crippen LogP contribution is -2.33. The van der Waals surface area contributed by atoms with E-state index >= 15 is 0 Å². The number of carbonyl (C=O) groups is 1. The molecule has 1 amide bonds. The van der Waals surface area contributed by atoms with E-state index in [1.54, 1.807) is 19.0 Å². The maximum Gasteiger partial charge on any atom is 0.249 e. The first kappa shape index (κ1) is 11.6. The standard InChI is InChI=1S/C11H18N5O/c1-15(2)11(17)7-4-8-9(6-16(3)14-8)13-10(12)5-7/h4,6,8-9,14H,5H2,1-3H3,(H2,12,13)/q+1. The number of rotatable bonds is 1. The Kier molecular flexibility index (Phi) is 2.87. The van der Waals surface area contributed by atoms with Crippen LogP contribution in [0.25, 0.3) is 0 Å². The molecule has 2 aliphatic heterocycles. The summed E-state index contributed by atoms with van der Waals surface area (Å²) in [5.74, 6) is 0.493. The van der Waals surface area contributed by atoms with Gasteiger partial charge in [0.15, 0.2) is 19.3 Å². The van der Waals surface area contributed by atoms with Crippen molar-refractivity contribution < 1.29 is 9.48 Å². The molecule has 17 heavy (non-hydrogen) atoms. The minimum Gasteiger partial charge on any atom is -0.387 e. The van der Waals surface area contributed by atoms with E-state index in [2.05, 4.69) is 10.4 Å². The molecule has 2 atom stereocenters. The fourth-order valence-corrected chi connectivity index (χ4v) is 2.07. The highest BCUT2D eigenvalue weighted by Crippen LogP contribution is 2.16. The Bertz CT molecular complexity index is 435. The number of amides is 1. The summed E-state index contributed by atoms with van der Waals surface area (Å²) in [6.45, 7) is 0. The molecule has 2 rings (SSSR count). The molecule has 3 N–H and O–H groups in total. The number of hydrazine groups is 1. The lowest BCUT2D eigenvalue weighted by atomic mass is 10.1. The number of hydrazone groups is 1. The van der Waals surface area contributed by atoms with Crippen LogP contribution in [-0.2, 0) is 4.79 Å². The van der Waals surface area contributed by atoms with E-state index in [4.69, 9.17) is 5.73 Å². The molecule has 92 valence electrons. The van der Waals surface area contributed by atoms with Gasteiger partial charge in [-0.15, -0.1) is 4.68 Å². The first-order valence-electron chi connectivity index (χ1n) is 5.56. The summed E-state index contributed by atoms with van der Waals surface area (Å²) >= 11 is 0. The van der Waals surface area contributed by atoms with Crippen molar-refractivity contribution >= 4 is 18.0 Å². The van der Waals surface area contributed by atoms with Crippen molar-refractivity contribution in [1.82, 2.24) is 10.3 Å². The lowest BCUT2D eigenvalue weighted by molar-refractivity contribution is -0.550. The van der Waals surface area contributed by atoms with Crippen LogP contribution in [0.2, 0.25) is 0 Å². The second-order valence-electron chi connectivity index (χ2n) is 4.59. The number of amidine groups is 1. The summed E-state index contributed by atoms with van der Waals surface area (Å²) in [7, 11) is 5.38. The number of aliphatic imine (C=N–C) groups is 1. The molecule has 0 bridgehead atoms. The van der Waals surface area contributed by atoms with Gasteiger partial charge in [0.25, 0.3) is 0 Å². The van der Waals surface area contributed by atoms with Gasteiger partial charge in [-0.3, -0.25) is 9.79 Å². The van der Waals surface area contributed by atoms with E-state index in [0.717, 1.165) is 0 Å². The third-order valence-corrected chi connectivity index (χ3v) is 2.85. The number of nitrogens with one attached hydrogen (secondary N) is 1. The summed E-state index contributed by atoms with van der Waals surface area (Å²) in [6.07, 6.45) is 4.30. The van der Waals surface area contributed by atoms with Crippen molar-refractivity contribution in [3.63, 3.8) is 0 Å². The molecule has 2 heterocycles. The number of hydrogen-bond acceptors (Lipinski definition) is 4. The molecular weight excluding hydrogens is 218 g/mol. The van der Waals surface area contributed by atoms with Gasteiger partial charge in [0.2, 0.25) is 5.91 Å². The Morgan fingerprint density at radius 2 is 2.35 bits per heavy atom. The van der Waals surface area contributed by atoms with Gasteiger partial charge in [0.1, 0.15) is 6.04 Å². The van der Waals surface area contributed by atoms with Crippen LogP contribution in [0.3, 0.4) is 0 Å². The molecule has 0 fully saturated rings. The zero-order valence-corrected chi connectivity index (χ0v) is 10.3. The maximum atomic E-state index is 12.0. The molecule has 0 aromatic heterocycles. The van der Waals surface area contributed by atoms with E-state index in [1.807, 2.05) is 24.0 Å². The molecular formula is C11H18N5O+. The zero-order chi connectivity index (χ0) is 12.6. The van der Waals surface area contributed by atoms with E-state index in [0.29, 0.717) is 17.8 Å². The summed E-state index contributed by atoms with van der Waals surface area (Å²) in [4.78, 5) is 17.9. The average molecular weight is 236 g/mol. The molecule has 0 spiro atoms. The fraction of sp³-hybridized carbons (Fsp3) is 0.545. The first-order chi connectivity index (χ1) is 7.97. The van der Waals surface area contributed by atoms with E-state index in [9.17, 15) is 4.79 Å². The molecule has 0 aromatic carbocycles. The maximum absolute atomic E-state index is 12.0. The largest absolute Gasteiger partial charge is 0.387 e. The monoisotopic (exact) mass is 236 g/mol. The zero-order valence-electron chi connectivity index (χ0n) is 10.3. The second kappa shape index (κ2) is 4.20. The first-order valence-corrected chi connectivity index (χ1v) is 5.56. The van der Waals surface area contributed by atoms with Crippen LogP contribution in [0.1, 0.15) is 6.42 Å². The number of likely N-dealkylation sites (N-methyl/N-ethyl adjacent to an activating group) is 1. The average Bonchev–Trinajstić information content (AvgIpc) is 2.48. The highest BCUT2D eigenvalue weighted by molar-refractivity contribution is 6.00. The van der Waals surface area contributed by atoms with Gasteiger partial charge in [-0.2, -0.15) is 5.43 Å². The summed E-state index contributed by atoms with van der Waals surface area (Å²) < 4.78 is 1.85. The third-order valence-electron chi connectivity index (χ3n) is 2.85. The highest BCUT2D eigenvalue weighted by atomic mass is 16.2. The van der Waals surface area contributed by atoms with Crippen LogP contribution >= 0.6 is 0 Å². The lowest BCUT2D eigenvalue weighted by Gasteiger charge is -2.13. The van der Waals surface area contributed by atoms with Gasteiger partial charge in [-0.25, -0.2) is 0 Å². The Balaban J connectivity index is 2.29. The Hall–Kier alpha value is -1.85. The van der Waals surface area contributed by atoms with E-state index in [1.165, 1.54) is 0 Å². The number of nitrogens with zero attached hydrogens (tertiary/aromatic N) is 3. The molecule has 0 aromatic rings. The van der Waals surface area contributed by atoms with Crippen LogP contribution in [-0.4, -0.2) is 60.8 Å². The summed E-state index contributed by atoms with van der Waals surface area (Å²) in [5, 5.41) is 0. The molecule has 2 aliphatic rings. The highest BCUT2D eigenvalue weighted by Gasteiger charge is 2.33. The van der Waals surface area contributed by atoms with E-state index in [-0.39, 0.29) is 18.0 Å². The second-order valence-corrected chi connectivity index (χ2v) is 4.59. The number of nitrogens with two attached hydrogens (primary N) is 1. The van der Waals surface area contributed by atoms with Crippen LogP contribution < -0.4 is 11.2 Å². The van der Waals surface area contributed by atoms with Gasteiger partial charge < -0.3 is 10.6 Å². The molecule has 6 heteroatoms. The van der Waals surface area contributed by atoms with Crippen LogP contribution in [0.15, 0.2) is 16.6 Å². The molecule has 6 nitrogen and oxygen atoms in total. The Morgan fingerprint density at radius 1 is 1.65 bits per heavy atom. The van der Waals surface area contributed by atoms with Crippen molar-refractivity contribution in [1.29, 1.82) is 0 Å². The predicted octanol–water partition coefficient (Wildman–Crippen LogP) is -1.27. The van der Waals surface area contributed by atoms with Gasteiger partial charge in [0, 0.05) is 26.1 Å². The molecule has 0 aliphatic carbocycles. The van der Waals surface area contributed by atoms with Crippen molar-refractivity contribution in [2.24, 2.45) is 10.7 Å². The minimum atomic E-state index is -0.0209. The normalized spacial score (nSPS) is 27.1. The van der Waals surface area contributed by atoms with Crippen molar-refractivity contribution in [2.75, 3.05) is 21.1 Å². The summed E-state index contributed by atoms with van der Waals surface area (Å²) in [5.41, 5.74) is 9.74. The smallest absolute Gasteiger partial charge is 0.249 e. The van der Waals surface area contributed by atoms with Gasteiger partial charge >= 0.3 is 0 Å². The van der Waals surface area contributed by atoms with Gasteiger partial charge in [0.05, 0.1) is 5.84 Å². The van der Waals surface area contributed by atoms with Crippen molar-refractivity contribution in [2.45, 2.75) is 18.5 Å². The number of carbonyl (C=O) groups excluding carboxylic acids is 1. The predicted molar refractivity (Wildman–Crippen MR) is 66.0 cm³/mol. The van der Waals surface area contributed by atoms with Crippen LogP contribution in [0.5, 0.6) is 0 Å². The molecule has 2 unspecified atom stereocenters. The Labute approximate surface area is 100 Å². The third kappa shape index (κ3) is 2.30. The quantitative estimate of drug-likeness (QED) is 0.558. The molecule has 0 saturated heterocycles. The van der Waals surface area contributed by atoms with Gasteiger partial charge in [-0.05, 0) is 6.08 Å². The minimum absolute atomic E-state index is 0.0137. The van der Waals surface area contributed by atoms with Crippen LogP contribution in [0, 0.1) is 0 Å². The SMILES string of the molecule is CN(C)C(=O)C1=CC2N[N+](C)=CC2N=C(N)C1. The Morgan fingerprint density at radius 3 is 3.00 bits per heavy atom. The summed E-state index contributed by atoms with van der Waals surface area (Å²) in [6, 6.07) is -0.00703. The molecule has 0 saturated carbocycles. The fourth-order valence-electron chi connectivity index (χ4n) is 2.07. The van der Waals surface area contributed by atoms with Crippen LogP contribution in [0.4, 0.5) is 0 Å². The van der Waals surface area contributed by atoms with E-state index < -0.39 is 0 Å².